The van der Waals surface area contributed by atoms with Gasteiger partial charge in [-0.05, 0) is 78.3 Å². The number of likely N-dealkylation sites (tertiary alicyclic amines) is 2. The molecule has 14 nitrogen and oxygen atoms in total. The molecule has 2 fully saturated rings. The van der Waals surface area contributed by atoms with E-state index in [1.165, 1.54) is 14.2 Å². The summed E-state index contributed by atoms with van der Waals surface area (Å²) < 4.78 is 9.55. The van der Waals surface area contributed by atoms with Gasteiger partial charge in [0.2, 0.25) is 11.8 Å². The van der Waals surface area contributed by atoms with Crippen LogP contribution in [-0.4, -0.2) is 93.1 Å². The van der Waals surface area contributed by atoms with Crippen LogP contribution in [0.3, 0.4) is 0 Å². The summed E-state index contributed by atoms with van der Waals surface area (Å²) in [5.41, 5.74) is 5.47. The average molecular weight is 737 g/mol. The molecule has 2 aliphatic heterocycles. The first-order chi connectivity index (χ1) is 26.0. The number of hydrogen-bond donors (Lipinski definition) is 4. The monoisotopic (exact) mass is 736 g/mol. The Hall–Kier alpha value is -5.66. The molecule has 7 rings (SSSR count). The molecule has 4 amide bonds. The molecule has 0 bridgehead atoms. The molecule has 2 aliphatic rings. The maximum Gasteiger partial charge on any atom is 0.407 e. The number of ether oxygens (including phenoxy) is 2. The summed E-state index contributed by atoms with van der Waals surface area (Å²) in [6, 6.07) is 14.7. The van der Waals surface area contributed by atoms with E-state index in [-0.39, 0.29) is 35.7 Å². The first-order valence-electron chi connectivity index (χ1n) is 18.7. The second-order valence-electron chi connectivity index (χ2n) is 15.0. The number of benzene rings is 3. The Morgan fingerprint density at radius 1 is 0.704 bits per heavy atom. The maximum atomic E-state index is 13.7. The minimum absolute atomic E-state index is 0.113. The highest BCUT2D eigenvalue weighted by molar-refractivity contribution is 6.05. The minimum atomic E-state index is -0.699. The fourth-order valence-corrected chi connectivity index (χ4v) is 7.91. The summed E-state index contributed by atoms with van der Waals surface area (Å²) in [7, 11) is 2.58. The van der Waals surface area contributed by atoms with Gasteiger partial charge in [-0.25, -0.2) is 19.6 Å². The van der Waals surface area contributed by atoms with Crippen LogP contribution >= 0.6 is 0 Å². The highest BCUT2D eigenvalue weighted by Gasteiger charge is 2.39. The van der Waals surface area contributed by atoms with Crippen molar-refractivity contribution in [2.75, 3.05) is 27.3 Å². The zero-order chi connectivity index (χ0) is 38.3. The number of rotatable bonds is 9. The van der Waals surface area contributed by atoms with Gasteiger partial charge in [0.15, 0.2) is 0 Å². The molecule has 4 heterocycles. The average Bonchev–Trinajstić information content (AvgIpc) is 3.99. The van der Waals surface area contributed by atoms with Crippen molar-refractivity contribution in [3.63, 3.8) is 0 Å². The van der Waals surface area contributed by atoms with E-state index in [9.17, 15) is 19.2 Å². The van der Waals surface area contributed by atoms with E-state index in [0.717, 1.165) is 81.3 Å². The number of carbonyl (C=O) groups excluding carboxylic acids is 4. The van der Waals surface area contributed by atoms with Crippen molar-refractivity contribution in [1.82, 2.24) is 40.4 Å². The number of hydrogen-bond acceptors (Lipinski definition) is 8. The fraction of sp³-hybridized carbons (Fsp3) is 0.450. The fourth-order valence-electron chi connectivity index (χ4n) is 7.91. The van der Waals surface area contributed by atoms with Crippen LogP contribution in [0.25, 0.3) is 44.0 Å². The van der Waals surface area contributed by atoms with E-state index in [2.05, 4.69) is 57.0 Å². The highest BCUT2D eigenvalue weighted by Crippen LogP contribution is 2.37. The molecule has 1 unspecified atom stereocenters. The van der Waals surface area contributed by atoms with Crippen LogP contribution in [0.4, 0.5) is 9.59 Å². The molecule has 5 aromatic rings. The number of fused-ring (bicyclic) bond motifs is 4. The number of alkyl carbamates (subject to hydrolysis) is 2. The van der Waals surface area contributed by atoms with Crippen LogP contribution < -0.4 is 10.6 Å². The summed E-state index contributed by atoms with van der Waals surface area (Å²) in [5, 5.41) is 7.45. The minimum Gasteiger partial charge on any atom is -0.453 e. The quantitative estimate of drug-likeness (QED) is 0.136. The molecule has 14 heteroatoms. The lowest BCUT2D eigenvalue weighted by Gasteiger charge is -2.29. The van der Waals surface area contributed by atoms with Gasteiger partial charge in [0.25, 0.3) is 0 Å². The normalized spacial score (nSPS) is 18.5. The molecule has 4 N–H and O–H groups in total. The van der Waals surface area contributed by atoms with Gasteiger partial charge in [-0.3, -0.25) is 9.59 Å². The Morgan fingerprint density at radius 3 is 1.81 bits per heavy atom. The molecule has 3 aromatic carbocycles. The number of amides is 4. The largest absolute Gasteiger partial charge is 0.453 e. The second kappa shape index (κ2) is 15.0. The van der Waals surface area contributed by atoms with E-state index in [0.29, 0.717) is 13.1 Å². The third kappa shape index (κ3) is 6.92. The third-order valence-electron chi connectivity index (χ3n) is 10.8. The summed E-state index contributed by atoms with van der Waals surface area (Å²) in [6.07, 6.45) is 1.97. The molecule has 2 aromatic heterocycles. The summed E-state index contributed by atoms with van der Waals surface area (Å²) in [5.74, 6) is 0.947. The van der Waals surface area contributed by atoms with Crippen molar-refractivity contribution in [3.05, 3.63) is 60.2 Å². The van der Waals surface area contributed by atoms with E-state index in [1.807, 2.05) is 49.6 Å². The lowest BCUT2D eigenvalue weighted by Crippen LogP contribution is -2.51. The van der Waals surface area contributed by atoms with E-state index < -0.39 is 24.3 Å². The third-order valence-corrected chi connectivity index (χ3v) is 10.8. The Bertz CT molecular complexity index is 2230. The van der Waals surface area contributed by atoms with Gasteiger partial charge in [-0.2, -0.15) is 0 Å². The SMILES string of the molecule is COC(=O)N[C@H](C(=O)N1CCCC1c1nc2ccc(-c3ccc4c(ccc5[nH]c([C@@H]6CCCN6C(=O)[C@@H](NC(=O)OC)C(C)C)nc54)c3)cc2[nH]1)C(C)C. The first-order valence-corrected chi connectivity index (χ1v) is 18.7. The Kier molecular flexibility index (Phi) is 10.2. The first kappa shape index (κ1) is 36.7. The topological polar surface area (TPSA) is 175 Å². The molecular formula is C40H48N8O6. The van der Waals surface area contributed by atoms with Gasteiger partial charge >= 0.3 is 12.2 Å². The molecule has 0 saturated carbocycles. The second-order valence-corrected chi connectivity index (χ2v) is 15.0. The van der Waals surface area contributed by atoms with Gasteiger partial charge in [0.05, 0.1) is 48.4 Å². The van der Waals surface area contributed by atoms with Crippen molar-refractivity contribution in [2.45, 2.75) is 77.5 Å². The van der Waals surface area contributed by atoms with Crippen LogP contribution in [0.2, 0.25) is 0 Å². The Balaban J connectivity index is 1.13. The predicted octanol–water partition coefficient (Wildman–Crippen LogP) is 6.35. The van der Waals surface area contributed by atoms with Crippen LogP contribution in [0, 0.1) is 11.8 Å². The number of nitrogens with one attached hydrogen (secondary N) is 4. The highest BCUT2D eigenvalue weighted by atomic mass is 16.5. The number of aromatic nitrogens is 4. The van der Waals surface area contributed by atoms with Crippen LogP contribution in [0.1, 0.15) is 77.1 Å². The zero-order valence-electron chi connectivity index (χ0n) is 31.6. The summed E-state index contributed by atoms with van der Waals surface area (Å²) in [4.78, 5) is 71.9. The predicted molar refractivity (Wildman–Crippen MR) is 204 cm³/mol. The Labute approximate surface area is 313 Å². The maximum absolute atomic E-state index is 13.7. The van der Waals surface area contributed by atoms with Gasteiger partial charge in [-0.1, -0.05) is 52.0 Å². The van der Waals surface area contributed by atoms with Crippen LogP contribution in [-0.2, 0) is 19.1 Å². The smallest absolute Gasteiger partial charge is 0.407 e. The molecule has 0 aliphatic carbocycles. The zero-order valence-corrected chi connectivity index (χ0v) is 31.6. The number of methoxy groups -OCH3 is 2. The number of nitrogens with zero attached hydrogens (tertiary/aromatic N) is 4. The van der Waals surface area contributed by atoms with Gasteiger partial charge in [0, 0.05) is 18.5 Å². The molecule has 54 heavy (non-hydrogen) atoms. The lowest BCUT2D eigenvalue weighted by atomic mass is 10.0. The Morgan fingerprint density at radius 2 is 1.24 bits per heavy atom. The van der Waals surface area contributed by atoms with Crippen molar-refractivity contribution in [2.24, 2.45) is 11.8 Å². The van der Waals surface area contributed by atoms with Crippen LogP contribution in [0.15, 0.2) is 48.5 Å². The molecule has 284 valence electrons. The standard InChI is InChI=1S/C40H48N8O6/c1-21(2)32(45-39(51)53-5)37(49)47-17-7-9-30(47)35-41-27-15-12-24(20-29(27)43-35)23-11-14-26-25(19-23)13-16-28-34(26)44-36(42-28)31-10-8-18-48(31)38(50)33(22(3)4)46-40(52)54-6/h11-16,19-22,30-33H,7-10,17-18H2,1-6H3,(H,41,43)(H,42,44)(H,45,51)(H,46,52)/t30?,31-,32-,33-/m0/s1. The summed E-state index contributed by atoms with van der Waals surface area (Å²) in [6.45, 7) is 8.78. The molecule has 4 atom stereocenters. The van der Waals surface area contributed by atoms with Crippen LogP contribution in [0.5, 0.6) is 0 Å². The molecular weight excluding hydrogens is 688 g/mol. The van der Waals surface area contributed by atoms with Crippen molar-refractivity contribution in [1.29, 1.82) is 0 Å². The van der Waals surface area contributed by atoms with Gasteiger partial charge in [-0.15, -0.1) is 0 Å². The van der Waals surface area contributed by atoms with Crippen molar-refractivity contribution >= 4 is 56.8 Å². The molecule has 0 spiro atoms. The number of carbonyl (C=O) groups is 4. The van der Waals surface area contributed by atoms with Crippen molar-refractivity contribution < 1.29 is 28.7 Å². The number of H-pyrrole nitrogens is 2. The van der Waals surface area contributed by atoms with E-state index in [4.69, 9.17) is 19.4 Å². The van der Waals surface area contributed by atoms with E-state index in [1.54, 1.807) is 0 Å². The van der Waals surface area contributed by atoms with Crippen molar-refractivity contribution in [3.8, 4) is 11.1 Å². The van der Waals surface area contributed by atoms with Gasteiger partial charge in [0.1, 0.15) is 23.7 Å². The molecule has 0 radical (unpaired) electrons. The summed E-state index contributed by atoms with van der Waals surface area (Å²) >= 11 is 0. The molecule has 2 saturated heterocycles. The lowest BCUT2D eigenvalue weighted by molar-refractivity contribution is -0.136. The van der Waals surface area contributed by atoms with E-state index >= 15 is 0 Å². The van der Waals surface area contributed by atoms with Gasteiger partial charge < -0.3 is 39.9 Å². The number of aromatic amines is 2. The number of imidazole rings is 2.